The number of rotatable bonds is 6. The molecule has 0 aromatic rings. The molecule has 0 rings (SSSR count). The summed E-state index contributed by atoms with van der Waals surface area (Å²) in [6.07, 6.45) is 0.834. The van der Waals surface area contributed by atoms with Gasteiger partial charge in [0, 0.05) is 18.3 Å². The van der Waals surface area contributed by atoms with Crippen LogP contribution >= 0.6 is 7.60 Å². The first-order valence-electron chi connectivity index (χ1n) is 4.31. The van der Waals surface area contributed by atoms with Crippen molar-refractivity contribution < 1.29 is 19.1 Å². The van der Waals surface area contributed by atoms with Crippen molar-refractivity contribution in [3.63, 3.8) is 0 Å². The van der Waals surface area contributed by atoms with Gasteiger partial charge in [0.25, 0.3) is 0 Å². The van der Waals surface area contributed by atoms with Gasteiger partial charge in [0.2, 0.25) is 5.91 Å². The van der Waals surface area contributed by atoms with E-state index >= 15 is 0 Å². The van der Waals surface area contributed by atoms with Crippen LogP contribution in [0.1, 0.15) is 19.8 Å². The molecule has 0 bridgehead atoms. The third kappa shape index (κ3) is 7.98. The number of unbranched alkanes of at least 4 members (excludes halogenated alkanes) is 1. The Balaban J connectivity index is 3.44. The Morgan fingerprint density at radius 2 is 2.00 bits per heavy atom. The molecule has 0 aromatic heterocycles. The Morgan fingerprint density at radius 3 is 2.43 bits per heavy atom. The zero-order chi connectivity index (χ0) is 11.2. The molecule has 1 amide bonds. The molecule has 0 saturated carbocycles. The maximum absolute atomic E-state index is 10.9. The molecule has 0 atom stereocenters. The molecule has 6 heteroatoms. The van der Waals surface area contributed by atoms with E-state index in [-0.39, 0.29) is 12.1 Å². The van der Waals surface area contributed by atoms with Crippen LogP contribution in [0.3, 0.4) is 0 Å². The fraction of sp³-hybridized carbons (Fsp3) is 0.625. The van der Waals surface area contributed by atoms with Crippen LogP contribution in [-0.4, -0.2) is 28.4 Å². The van der Waals surface area contributed by atoms with Crippen LogP contribution in [0.5, 0.6) is 0 Å². The topological polar surface area (TPSA) is 86.6 Å². The van der Waals surface area contributed by atoms with Crippen LogP contribution < -0.4 is 5.32 Å². The van der Waals surface area contributed by atoms with Gasteiger partial charge in [-0.05, 0) is 19.8 Å². The first-order chi connectivity index (χ1) is 6.33. The van der Waals surface area contributed by atoms with E-state index in [0.29, 0.717) is 25.0 Å². The van der Waals surface area contributed by atoms with E-state index in [1.165, 1.54) is 0 Å². The highest BCUT2D eigenvalue weighted by Gasteiger charge is 2.11. The van der Waals surface area contributed by atoms with Gasteiger partial charge in [0.15, 0.2) is 0 Å². The summed E-state index contributed by atoms with van der Waals surface area (Å²) in [6.45, 7) is 5.48. The van der Waals surface area contributed by atoms with Crippen LogP contribution in [0.25, 0.3) is 0 Å². The zero-order valence-electron chi connectivity index (χ0n) is 8.19. The molecule has 5 nitrogen and oxygen atoms in total. The molecule has 0 aliphatic rings. The van der Waals surface area contributed by atoms with E-state index in [4.69, 9.17) is 9.79 Å². The summed E-state index contributed by atoms with van der Waals surface area (Å²) >= 11 is 0. The summed E-state index contributed by atoms with van der Waals surface area (Å²) in [5.41, 5.74) is 0.431. The molecule has 0 aliphatic carbocycles. The molecule has 0 unspecified atom stereocenters. The number of hydrogen-bond donors (Lipinski definition) is 3. The predicted octanol–water partition coefficient (Wildman–Crippen LogP) is 0.637. The molecule has 0 aliphatic heterocycles. The minimum absolute atomic E-state index is 0.129. The van der Waals surface area contributed by atoms with Crippen molar-refractivity contribution in [3.05, 3.63) is 12.2 Å². The number of carbonyl (C=O) groups is 1. The number of hydrogen-bond acceptors (Lipinski definition) is 2. The van der Waals surface area contributed by atoms with Crippen LogP contribution in [0.15, 0.2) is 12.2 Å². The fourth-order valence-electron chi connectivity index (χ4n) is 0.796. The lowest BCUT2D eigenvalue weighted by atomic mass is 10.3. The summed E-state index contributed by atoms with van der Waals surface area (Å²) < 4.78 is 10.4. The molecule has 0 radical (unpaired) electrons. The van der Waals surface area contributed by atoms with Crippen molar-refractivity contribution in [3.8, 4) is 0 Å². The van der Waals surface area contributed by atoms with Gasteiger partial charge in [-0.15, -0.1) is 0 Å². The van der Waals surface area contributed by atoms with Crippen molar-refractivity contribution in [1.29, 1.82) is 0 Å². The summed E-state index contributed by atoms with van der Waals surface area (Å²) in [7, 11) is -3.88. The quantitative estimate of drug-likeness (QED) is 0.349. The van der Waals surface area contributed by atoms with Crippen LogP contribution in [-0.2, 0) is 9.36 Å². The van der Waals surface area contributed by atoms with E-state index in [1.807, 2.05) is 0 Å². The average Bonchev–Trinajstić information content (AvgIpc) is 2.01. The summed E-state index contributed by atoms with van der Waals surface area (Å²) in [6, 6.07) is 0. The lowest BCUT2D eigenvalue weighted by Crippen LogP contribution is -2.24. The summed E-state index contributed by atoms with van der Waals surface area (Å²) in [5, 5.41) is 2.58. The molecular formula is C8H16NO4P. The van der Waals surface area contributed by atoms with Crippen LogP contribution in [0.2, 0.25) is 0 Å². The maximum Gasteiger partial charge on any atom is 0.325 e. The highest BCUT2D eigenvalue weighted by Crippen LogP contribution is 2.35. The molecule has 0 aromatic carbocycles. The van der Waals surface area contributed by atoms with E-state index < -0.39 is 7.60 Å². The Bertz CT molecular complexity index is 258. The van der Waals surface area contributed by atoms with E-state index in [0.717, 1.165) is 0 Å². The van der Waals surface area contributed by atoms with Crippen molar-refractivity contribution in [2.24, 2.45) is 0 Å². The van der Waals surface area contributed by atoms with E-state index in [2.05, 4.69) is 11.9 Å². The highest BCUT2D eigenvalue weighted by atomic mass is 31.2. The van der Waals surface area contributed by atoms with Crippen LogP contribution in [0, 0.1) is 0 Å². The van der Waals surface area contributed by atoms with E-state index in [9.17, 15) is 9.36 Å². The minimum atomic E-state index is -3.88. The Labute approximate surface area is 83.4 Å². The maximum atomic E-state index is 10.9. The van der Waals surface area contributed by atoms with Gasteiger partial charge < -0.3 is 15.1 Å². The lowest BCUT2D eigenvalue weighted by Gasteiger charge is -2.05. The first-order valence-corrected chi connectivity index (χ1v) is 6.11. The summed E-state index contributed by atoms with van der Waals surface area (Å²) in [4.78, 5) is 28.0. The molecular weight excluding hydrogens is 205 g/mol. The number of carbonyl (C=O) groups excluding carboxylic acids is 1. The van der Waals surface area contributed by atoms with Crippen molar-refractivity contribution in [1.82, 2.24) is 5.32 Å². The molecule has 3 N–H and O–H groups in total. The average molecular weight is 221 g/mol. The Morgan fingerprint density at radius 1 is 1.43 bits per heavy atom. The molecule has 14 heavy (non-hydrogen) atoms. The molecule has 0 saturated heterocycles. The standard InChI is InChI=1S/C8H16NO4P/c1-7(2)8(10)9-5-3-4-6-14(11,12)13/h1,3-6H2,2H3,(H,9,10)(H2,11,12,13). The number of nitrogens with one attached hydrogen (secondary N) is 1. The van der Waals surface area contributed by atoms with Crippen molar-refractivity contribution in [2.75, 3.05) is 12.7 Å². The van der Waals surface area contributed by atoms with Gasteiger partial charge in [0.1, 0.15) is 0 Å². The smallest absolute Gasteiger partial charge is 0.325 e. The second-order valence-electron chi connectivity index (χ2n) is 3.13. The zero-order valence-corrected chi connectivity index (χ0v) is 9.09. The third-order valence-electron chi connectivity index (χ3n) is 1.55. The minimum Gasteiger partial charge on any atom is -0.352 e. The van der Waals surface area contributed by atoms with Crippen molar-refractivity contribution in [2.45, 2.75) is 19.8 Å². The fourth-order valence-corrected chi connectivity index (χ4v) is 1.43. The predicted molar refractivity (Wildman–Crippen MR) is 54.0 cm³/mol. The van der Waals surface area contributed by atoms with Gasteiger partial charge in [-0.3, -0.25) is 9.36 Å². The highest BCUT2D eigenvalue weighted by molar-refractivity contribution is 7.51. The third-order valence-corrected chi connectivity index (χ3v) is 2.45. The summed E-state index contributed by atoms with van der Waals surface area (Å²) in [5.74, 6) is -0.221. The van der Waals surface area contributed by atoms with Gasteiger partial charge >= 0.3 is 7.60 Å². The van der Waals surface area contributed by atoms with E-state index in [1.54, 1.807) is 6.92 Å². The molecule has 82 valence electrons. The second kappa shape index (κ2) is 5.96. The van der Waals surface area contributed by atoms with Gasteiger partial charge in [-0.2, -0.15) is 0 Å². The van der Waals surface area contributed by atoms with Crippen LogP contribution in [0.4, 0.5) is 0 Å². The Kier molecular flexibility index (Phi) is 5.69. The number of amides is 1. The molecule has 0 spiro atoms. The lowest BCUT2D eigenvalue weighted by molar-refractivity contribution is -0.117. The molecule has 0 heterocycles. The molecule has 0 fully saturated rings. The van der Waals surface area contributed by atoms with Gasteiger partial charge in [-0.1, -0.05) is 6.58 Å². The monoisotopic (exact) mass is 221 g/mol. The van der Waals surface area contributed by atoms with Gasteiger partial charge in [-0.25, -0.2) is 0 Å². The normalized spacial score (nSPS) is 11.1. The van der Waals surface area contributed by atoms with Gasteiger partial charge in [0.05, 0.1) is 0 Å². The second-order valence-corrected chi connectivity index (χ2v) is 4.91. The largest absolute Gasteiger partial charge is 0.352 e. The first kappa shape index (κ1) is 13.4. The van der Waals surface area contributed by atoms with Crippen molar-refractivity contribution >= 4 is 13.5 Å². The Hall–Kier alpha value is -0.640. The SMILES string of the molecule is C=C(C)C(=O)NCCCCP(=O)(O)O.